The molecule has 1 aromatic carbocycles. The first-order valence-corrected chi connectivity index (χ1v) is 13.1. The third-order valence-corrected chi connectivity index (χ3v) is 7.78. The number of carbonyl (C=O) groups is 1. The first kappa shape index (κ1) is 28.3. The van der Waals surface area contributed by atoms with Crippen molar-refractivity contribution in [2.24, 2.45) is 16.9 Å². The lowest BCUT2D eigenvalue weighted by Gasteiger charge is -2.38. The van der Waals surface area contributed by atoms with Crippen LogP contribution in [-0.4, -0.2) is 60.3 Å². The van der Waals surface area contributed by atoms with E-state index in [4.69, 9.17) is 21.1 Å². The molecule has 0 radical (unpaired) electrons. The number of piperidine rings is 1. The Labute approximate surface area is 231 Å². The highest BCUT2D eigenvalue weighted by atomic mass is 79.9. The van der Waals surface area contributed by atoms with Crippen molar-refractivity contribution in [1.29, 1.82) is 0 Å². The van der Waals surface area contributed by atoms with Gasteiger partial charge in [-0.3, -0.25) is 9.80 Å². The lowest BCUT2D eigenvalue weighted by Crippen LogP contribution is -2.44. The zero-order chi connectivity index (χ0) is 27.8. The van der Waals surface area contributed by atoms with Crippen LogP contribution >= 0.6 is 27.5 Å². The third-order valence-electron chi connectivity index (χ3n) is 6.85. The van der Waals surface area contributed by atoms with Crippen LogP contribution in [0, 0.1) is 11.8 Å². The molecular weight excluding hydrogens is 593 g/mol. The summed E-state index contributed by atoms with van der Waals surface area (Å²) in [4.78, 5) is 17.7. The third kappa shape index (κ3) is 5.96. The molecule has 38 heavy (non-hydrogen) atoms. The van der Waals surface area contributed by atoms with Crippen LogP contribution in [0.3, 0.4) is 0 Å². The minimum absolute atomic E-state index is 0.104. The summed E-state index contributed by atoms with van der Waals surface area (Å²) in [6.45, 7) is 4.79. The van der Waals surface area contributed by atoms with E-state index in [9.17, 15) is 23.1 Å². The van der Waals surface area contributed by atoms with Gasteiger partial charge in [0.2, 0.25) is 5.88 Å². The predicted octanol–water partition coefficient (Wildman–Crippen LogP) is 6.02. The van der Waals surface area contributed by atoms with Gasteiger partial charge in [-0.15, -0.1) is 0 Å². The Balaban J connectivity index is 1.49. The van der Waals surface area contributed by atoms with Crippen molar-refractivity contribution < 1.29 is 32.5 Å². The van der Waals surface area contributed by atoms with E-state index in [1.807, 2.05) is 0 Å². The van der Waals surface area contributed by atoms with Crippen LogP contribution in [0.5, 0.6) is 11.6 Å². The normalized spacial score (nSPS) is 23.8. The molecule has 3 heterocycles. The molecule has 206 valence electrons. The Bertz CT molecular complexity index is 1230. The van der Waals surface area contributed by atoms with E-state index in [1.54, 1.807) is 37.6 Å². The minimum Gasteiger partial charge on any atom is -0.490 e. The maximum atomic E-state index is 13.5. The average Bonchev–Trinajstić information content (AvgIpc) is 3.16. The van der Waals surface area contributed by atoms with E-state index in [-0.39, 0.29) is 12.0 Å². The molecule has 2 aliphatic rings. The second-order valence-electron chi connectivity index (χ2n) is 9.44. The van der Waals surface area contributed by atoms with Gasteiger partial charge in [0.15, 0.2) is 0 Å². The number of hydrogen-bond acceptors (Lipinski definition) is 7. The number of hydrogen-bond donors (Lipinski definition) is 1. The molecule has 1 fully saturated rings. The van der Waals surface area contributed by atoms with Crippen LogP contribution in [0.15, 0.2) is 40.0 Å². The Morgan fingerprint density at radius 1 is 1.26 bits per heavy atom. The monoisotopic (exact) mass is 618 g/mol. The van der Waals surface area contributed by atoms with Crippen molar-refractivity contribution in [3.05, 3.63) is 40.0 Å². The second-order valence-corrected chi connectivity index (χ2v) is 10.7. The molecule has 0 amide bonds. The van der Waals surface area contributed by atoms with Gasteiger partial charge in [0, 0.05) is 41.9 Å². The molecule has 0 aliphatic carbocycles. The molecule has 0 bridgehead atoms. The van der Waals surface area contributed by atoms with Crippen molar-refractivity contribution >= 4 is 50.6 Å². The van der Waals surface area contributed by atoms with Gasteiger partial charge in [0.05, 0.1) is 42.2 Å². The van der Waals surface area contributed by atoms with Gasteiger partial charge >= 0.3 is 12.1 Å². The quantitative estimate of drug-likeness (QED) is 0.406. The van der Waals surface area contributed by atoms with Crippen LogP contribution in [0.1, 0.15) is 26.7 Å². The van der Waals surface area contributed by atoms with Crippen molar-refractivity contribution in [2.75, 3.05) is 30.1 Å². The molecular formula is C25H27BrClF3N4O4. The zero-order valence-corrected chi connectivity index (χ0v) is 23.2. The fourth-order valence-electron chi connectivity index (χ4n) is 4.87. The zero-order valence-electron chi connectivity index (χ0n) is 20.9. The number of aromatic nitrogens is 1. The molecule has 8 nitrogen and oxygen atoms in total. The second kappa shape index (κ2) is 11.2. The molecule has 4 atom stereocenters. The number of carboxylic acids is 1. The van der Waals surface area contributed by atoms with Gasteiger partial charge in [0.1, 0.15) is 17.6 Å². The fraction of sp³-hybridized carbons (Fsp3) is 0.480. The number of anilines is 2. The molecule has 2 aromatic rings. The first-order chi connectivity index (χ1) is 17.9. The van der Waals surface area contributed by atoms with Crippen molar-refractivity contribution in [2.45, 2.75) is 45.0 Å². The van der Waals surface area contributed by atoms with Gasteiger partial charge in [-0.1, -0.05) is 25.4 Å². The number of rotatable bonds is 7. The number of pyridine rings is 1. The topological polar surface area (TPSA) is 87.5 Å². The summed E-state index contributed by atoms with van der Waals surface area (Å²) in [7, 11) is 1.55. The van der Waals surface area contributed by atoms with Gasteiger partial charge in [0.25, 0.3) is 0 Å². The minimum atomic E-state index is -4.66. The number of carboxylic acid groups (broad SMARTS) is 1. The molecule has 1 N–H and O–H groups in total. The van der Waals surface area contributed by atoms with Crippen LogP contribution in [0.25, 0.3) is 0 Å². The summed E-state index contributed by atoms with van der Waals surface area (Å²) in [5.74, 6) is -1.15. The highest BCUT2D eigenvalue weighted by Crippen LogP contribution is 2.41. The van der Waals surface area contributed by atoms with Crippen molar-refractivity contribution in [3.8, 4) is 11.6 Å². The summed E-state index contributed by atoms with van der Waals surface area (Å²) < 4.78 is 52.5. The number of halogens is 5. The Morgan fingerprint density at radius 3 is 2.61 bits per heavy atom. The molecule has 0 saturated carbocycles. The lowest BCUT2D eigenvalue weighted by molar-refractivity contribution is -0.137. The van der Waals surface area contributed by atoms with E-state index < -0.39 is 36.2 Å². The summed E-state index contributed by atoms with van der Waals surface area (Å²) in [5.41, 5.74) is 0.174. The standard InChI is InChI=1S/C25H27BrClF3N4O4/c1-13-12-33(20-9-22(37-3)31-11-17(20)27)7-6-21(13)38-15-4-5-18(16(26)8-15)34-19(10-23(35)36)14(2)24(32-34)25(28,29)30/h4-5,8-9,11,13-14,19,21H,6-7,10,12H2,1-3H3,(H,35,36)/t13-,14-,19-,21+/m0/s1. The number of nitrogens with zero attached hydrogens (tertiary/aromatic N) is 4. The molecule has 2 aliphatic heterocycles. The molecule has 1 aromatic heterocycles. The van der Waals surface area contributed by atoms with E-state index in [1.165, 1.54) is 6.92 Å². The van der Waals surface area contributed by atoms with E-state index >= 15 is 0 Å². The summed E-state index contributed by atoms with van der Waals surface area (Å²) in [6, 6.07) is 5.74. The lowest BCUT2D eigenvalue weighted by atomic mass is 9.94. The number of hydrazone groups is 1. The summed E-state index contributed by atoms with van der Waals surface area (Å²) in [6.07, 6.45) is -2.97. The van der Waals surface area contributed by atoms with Crippen LogP contribution in [0.4, 0.5) is 24.5 Å². The molecule has 4 rings (SSSR count). The number of alkyl halides is 3. The first-order valence-electron chi connectivity index (χ1n) is 12.0. The average molecular weight is 620 g/mol. The van der Waals surface area contributed by atoms with Crippen LogP contribution in [0.2, 0.25) is 5.02 Å². The number of aliphatic carboxylic acids is 1. The highest BCUT2D eigenvalue weighted by Gasteiger charge is 2.49. The van der Waals surface area contributed by atoms with Gasteiger partial charge in [-0.25, -0.2) is 4.98 Å². The predicted molar refractivity (Wildman–Crippen MR) is 142 cm³/mol. The Morgan fingerprint density at radius 2 is 2.00 bits per heavy atom. The van der Waals surface area contributed by atoms with Gasteiger partial charge in [-0.05, 0) is 34.1 Å². The SMILES string of the molecule is COc1cc(N2CC[C@@H](Oc3ccc(N4N=C(C(F)(F)F)[C@@H](C)[C@@H]4CC(=O)O)c(Br)c3)[C@@H](C)C2)c(Cl)cn1. The summed E-state index contributed by atoms with van der Waals surface area (Å²) in [5, 5.41) is 14.7. The summed E-state index contributed by atoms with van der Waals surface area (Å²) >= 11 is 9.79. The molecule has 1 saturated heterocycles. The van der Waals surface area contributed by atoms with Crippen molar-refractivity contribution in [1.82, 2.24) is 4.98 Å². The van der Waals surface area contributed by atoms with Crippen LogP contribution in [-0.2, 0) is 4.79 Å². The number of methoxy groups -OCH3 is 1. The molecule has 0 spiro atoms. The maximum absolute atomic E-state index is 13.5. The van der Waals surface area contributed by atoms with Gasteiger partial charge in [-0.2, -0.15) is 18.3 Å². The maximum Gasteiger partial charge on any atom is 0.431 e. The molecule has 13 heteroatoms. The van der Waals surface area contributed by atoms with Gasteiger partial charge < -0.3 is 19.5 Å². The largest absolute Gasteiger partial charge is 0.490 e. The van der Waals surface area contributed by atoms with Crippen LogP contribution < -0.4 is 19.4 Å². The molecule has 0 unspecified atom stereocenters. The Hall–Kier alpha value is -2.73. The van der Waals surface area contributed by atoms with E-state index in [0.29, 0.717) is 46.3 Å². The van der Waals surface area contributed by atoms with Crippen molar-refractivity contribution in [3.63, 3.8) is 0 Å². The highest BCUT2D eigenvalue weighted by molar-refractivity contribution is 9.10. The fourth-order valence-corrected chi connectivity index (χ4v) is 5.63. The Kier molecular flexibility index (Phi) is 8.32. The smallest absolute Gasteiger partial charge is 0.431 e. The van der Waals surface area contributed by atoms with E-state index in [0.717, 1.165) is 10.7 Å². The van der Waals surface area contributed by atoms with E-state index in [2.05, 4.69) is 37.8 Å². The number of ether oxygens (including phenoxy) is 2. The number of benzene rings is 1.